The van der Waals surface area contributed by atoms with Gasteiger partial charge in [0.15, 0.2) is 11.6 Å². The van der Waals surface area contributed by atoms with Crippen molar-refractivity contribution in [3.8, 4) is 5.75 Å². The van der Waals surface area contributed by atoms with Crippen molar-refractivity contribution in [2.45, 2.75) is 84.0 Å². The quantitative estimate of drug-likeness (QED) is 0.0595. The number of aromatic carboxylic acids is 1. The monoisotopic (exact) mass is 868 g/mol. The standard InChI is InChI=1S/C19H22FN3O4.C10H24N2O2.C8H10N2S.C5H5N3O/c1-10-8-22(6-5-21-10)16-14(20)7-12-15(18(16)27-2)23(11-3-4-11)9-13(17(12)24)19(25)26;1-3-9(7-13)11-5-6-12-10(4-2)8-14;1-2-7-5-6(8(9)11)3-4-10-7;6-5(9)4-3-7-1-2-8-4/h7,9-11,21H,3-6,8H2,1-2H3,(H,25,26);9-14H,3-8H2,1-2H3;3-5H,2H2,1H3,(H2,9,11);1-3H,(H2,6,9)/t;9-,10-;;/m.0../s1. The zero-order valence-electron chi connectivity index (χ0n) is 35.6. The molecule has 10 N–H and O–H groups in total. The van der Waals surface area contributed by atoms with E-state index in [4.69, 9.17) is 38.6 Å². The smallest absolute Gasteiger partial charge is 0.341 e. The van der Waals surface area contributed by atoms with Crippen LogP contribution < -0.4 is 42.5 Å². The molecule has 0 spiro atoms. The number of ether oxygens (including phenoxy) is 1. The Labute approximate surface area is 361 Å². The third-order valence-electron chi connectivity index (χ3n) is 9.95. The van der Waals surface area contributed by atoms with Crippen LogP contribution in [0.3, 0.4) is 0 Å². The van der Waals surface area contributed by atoms with Crippen molar-refractivity contribution in [3.05, 3.63) is 87.7 Å². The van der Waals surface area contributed by atoms with Crippen LogP contribution in [0.25, 0.3) is 10.9 Å². The summed E-state index contributed by atoms with van der Waals surface area (Å²) in [5.74, 6) is -2.14. The number of carboxylic acid groups (broad SMARTS) is 1. The molecule has 1 unspecified atom stereocenters. The van der Waals surface area contributed by atoms with E-state index in [1.165, 1.54) is 31.9 Å². The second-order valence-corrected chi connectivity index (χ2v) is 14.9. The molecule has 4 heterocycles. The number of nitrogens with zero attached hydrogens (tertiary/aromatic N) is 5. The molecule has 0 bridgehead atoms. The number of piperazine rings is 1. The molecule has 334 valence electrons. The number of primary amides is 1. The number of methoxy groups -OCH3 is 1. The normalized spacial score (nSPS) is 15.5. The number of hydrogen-bond donors (Lipinski definition) is 8. The van der Waals surface area contributed by atoms with Gasteiger partial charge in [0.05, 0.1) is 37.4 Å². The van der Waals surface area contributed by atoms with Crippen molar-refractivity contribution in [1.82, 2.24) is 35.5 Å². The van der Waals surface area contributed by atoms with Crippen LogP contribution in [0, 0.1) is 5.82 Å². The van der Waals surface area contributed by atoms with Gasteiger partial charge in [0, 0.05) is 92.9 Å². The maximum atomic E-state index is 15.1. The maximum absolute atomic E-state index is 15.1. The highest BCUT2D eigenvalue weighted by molar-refractivity contribution is 7.80. The lowest BCUT2D eigenvalue weighted by Crippen LogP contribution is -2.49. The summed E-state index contributed by atoms with van der Waals surface area (Å²) in [5, 5.41) is 37.0. The molecule has 17 nitrogen and oxygen atoms in total. The predicted octanol–water partition coefficient (Wildman–Crippen LogP) is 2.54. The van der Waals surface area contributed by atoms with Crippen LogP contribution in [-0.4, -0.2) is 123 Å². The van der Waals surface area contributed by atoms with Gasteiger partial charge in [0.25, 0.3) is 5.91 Å². The number of fused-ring (bicyclic) bond motifs is 1. The Hall–Kier alpha value is -5.18. The van der Waals surface area contributed by atoms with Crippen molar-refractivity contribution in [2.24, 2.45) is 11.5 Å². The van der Waals surface area contributed by atoms with Gasteiger partial charge in [-0.2, -0.15) is 0 Å². The summed E-state index contributed by atoms with van der Waals surface area (Å²) in [5.41, 5.74) is 12.2. The van der Waals surface area contributed by atoms with E-state index in [1.54, 1.807) is 10.8 Å². The Balaban J connectivity index is 0.000000244. The third kappa shape index (κ3) is 15.0. The molecule has 19 heteroatoms. The largest absolute Gasteiger partial charge is 0.492 e. The van der Waals surface area contributed by atoms with E-state index in [1.807, 2.05) is 44.7 Å². The van der Waals surface area contributed by atoms with Crippen LogP contribution in [0.4, 0.5) is 10.1 Å². The van der Waals surface area contributed by atoms with E-state index >= 15 is 4.39 Å². The molecule has 3 aromatic heterocycles. The first kappa shape index (κ1) is 50.2. The van der Waals surface area contributed by atoms with Crippen molar-refractivity contribution in [2.75, 3.05) is 57.9 Å². The van der Waals surface area contributed by atoms with Crippen LogP contribution in [0.1, 0.15) is 91.5 Å². The van der Waals surface area contributed by atoms with E-state index in [0.717, 1.165) is 69.1 Å². The fraction of sp³-hybridized carbons (Fsp3) is 0.500. The number of aryl methyl sites for hydroxylation is 1. The van der Waals surface area contributed by atoms with Crippen LogP contribution in [0.15, 0.2) is 54.0 Å². The molecule has 1 saturated carbocycles. The molecular formula is C42H61FN10O7S. The van der Waals surface area contributed by atoms with Crippen LogP contribution in [0.2, 0.25) is 0 Å². The molecule has 1 aliphatic heterocycles. The predicted molar refractivity (Wildman–Crippen MR) is 238 cm³/mol. The summed E-state index contributed by atoms with van der Waals surface area (Å²) in [7, 11) is 1.45. The number of carboxylic acids is 1. The Morgan fingerprint density at radius 1 is 1.05 bits per heavy atom. The summed E-state index contributed by atoms with van der Waals surface area (Å²) in [6.45, 7) is 12.1. The van der Waals surface area contributed by atoms with Gasteiger partial charge in [-0.05, 0) is 57.2 Å². The van der Waals surface area contributed by atoms with Crippen molar-refractivity contribution < 1.29 is 34.0 Å². The van der Waals surface area contributed by atoms with E-state index in [0.29, 0.717) is 35.0 Å². The van der Waals surface area contributed by atoms with Gasteiger partial charge >= 0.3 is 5.97 Å². The lowest BCUT2D eigenvalue weighted by molar-refractivity contribution is 0.0694. The van der Waals surface area contributed by atoms with Crippen molar-refractivity contribution in [3.63, 3.8) is 0 Å². The Kier molecular flexibility index (Phi) is 21.0. The van der Waals surface area contributed by atoms with E-state index in [9.17, 15) is 19.5 Å². The molecule has 1 aliphatic carbocycles. The number of pyridine rings is 2. The second kappa shape index (κ2) is 25.6. The molecule has 0 radical (unpaired) electrons. The highest BCUT2D eigenvalue weighted by Crippen LogP contribution is 2.43. The minimum atomic E-state index is -1.31. The summed E-state index contributed by atoms with van der Waals surface area (Å²) in [6.07, 6.45) is 11.9. The molecule has 2 aliphatic rings. The number of carbonyl (C=O) groups is 2. The zero-order valence-corrected chi connectivity index (χ0v) is 36.4. The van der Waals surface area contributed by atoms with Gasteiger partial charge in [-0.15, -0.1) is 0 Å². The number of hydrogen-bond acceptors (Lipinski definition) is 14. The van der Waals surface area contributed by atoms with Gasteiger partial charge in [0.1, 0.15) is 21.9 Å². The lowest BCUT2D eigenvalue weighted by atomic mass is 10.1. The second-order valence-electron chi connectivity index (χ2n) is 14.4. The van der Waals surface area contributed by atoms with Gasteiger partial charge in [-0.25, -0.2) is 14.2 Å². The third-order valence-corrected chi connectivity index (χ3v) is 10.2. The molecule has 1 aromatic carbocycles. The Bertz CT molecular complexity index is 2070. The topological polar surface area (TPSA) is 256 Å². The number of halogens is 1. The maximum Gasteiger partial charge on any atom is 0.341 e. The average molecular weight is 869 g/mol. The van der Waals surface area contributed by atoms with E-state index in [-0.39, 0.29) is 54.0 Å². The van der Waals surface area contributed by atoms with Gasteiger partial charge in [-0.3, -0.25) is 19.6 Å². The van der Waals surface area contributed by atoms with E-state index in [2.05, 4.69) is 30.9 Å². The number of nitrogens with two attached hydrogens (primary N) is 2. The number of amides is 1. The van der Waals surface area contributed by atoms with Crippen molar-refractivity contribution >= 4 is 45.7 Å². The van der Waals surface area contributed by atoms with Crippen LogP contribution in [0.5, 0.6) is 5.75 Å². The minimum absolute atomic E-state index is 0.0445. The first-order valence-electron chi connectivity index (χ1n) is 20.4. The van der Waals surface area contributed by atoms with Gasteiger partial charge < -0.3 is 56.9 Å². The molecular weight excluding hydrogens is 808 g/mol. The molecule has 61 heavy (non-hydrogen) atoms. The number of rotatable bonds is 16. The number of aromatic nitrogens is 4. The summed E-state index contributed by atoms with van der Waals surface area (Å²) < 4.78 is 22.5. The summed E-state index contributed by atoms with van der Waals surface area (Å²) in [4.78, 5) is 48.3. The SMILES string of the molecule is CC[C@@H](CO)NCCN[C@@H](CC)CO.CCc1cc(C(N)=S)ccn1.COc1c(N2CCNC(C)C2)c(F)cc2c(=O)c(C(=O)O)cn(C3CC3)c12.NC(=O)c1cnccn1. The van der Waals surface area contributed by atoms with E-state index < -0.39 is 23.1 Å². The Morgan fingerprint density at radius 2 is 1.70 bits per heavy atom. The Morgan fingerprint density at radius 3 is 2.16 bits per heavy atom. The van der Waals surface area contributed by atoms with Crippen LogP contribution in [-0.2, 0) is 6.42 Å². The lowest BCUT2D eigenvalue weighted by Gasteiger charge is -2.35. The molecule has 1 amide bonds. The first-order valence-corrected chi connectivity index (χ1v) is 20.8. The van der Waals surface area contributed by atoms with Gasteiger partial charge in [0.2, 0.25) is 5.43 Å². The molecule has 6 rings (SSSR count). The number of benzene rings is 1. The summed E-state index contributed by atoms with van der Waals surface area (Å²) in [6, 6.07) is 5.59. The summed E-state index contributed by atoms with van der Waals surface area (Å²) >= 11 is 4.82. The fourth-order valence-electron chi connectivity index (χ4n) is 6.34. The fourth-order valence-corrected chi connectivity index (χ4v) is 6.47. The number of thiocarbonyl (C=S) groups is 1. The van der Waals surface area contributed by atoms with Gasteiger partial charge in [-0.1, -0.05) is 33.0 Å². The zero-order chi connectivity index (χ0) is 45.1. The highest BCUT2D eigenvalue weighted by Gasteiger charge is 2.32. The molecule has 2 fully saturated rings. The minimum Gasteiger partial charge on any atom is -0.492 e. The molecule has 4 aromatic rings. The average Bonchev–Trinajstić information content (AvgIpc) is 4.12. The van der Waals surface area contributed by atoms with Crippen molar-refractivity contribution in [1.29, 1.82) is 0 Å². The highest BCUT2D eigenvalue weighted by atomic mass is 32.1. The number of aliphatic hydroxyl groups excluding tert-OH is 2. The number of anilines is 1. The number of aliphatic hydroxyl groups is 2. The number of nitrogens with one attached hydrogen (secondary N) is 3. The molecule has 3 atom stereocenters. The first-order chi connectivity index (χ1) is 29.2. The van der Waals surface area contributed by atoms with Crippen LogP contribution >= 0.6 is 12.2 Å². The molecule has 1 saturated heterocycles. The number of carbonyl (C=O) groups excluding carboxylic acids is 1.